The molecule has 1 aliphatic rings. The standard InChI is InChI=1S/C13H28N2O/c1-5-14-12-6-9-15(10-7-12)11-8-13(2,3)16-4/h12,14H,5-11H2,1-4H3. The molecular weight excluding hydrogens is 200 g/mol. The summed E-state index contributed by atoms with van der Waals surface area (Å²) in [5.41, 5.74) is 0.0263. The highest BCUT2D eigenvalue weighted by molar-refractivity contribution is 4.78. The van der Waals surface area contributed by atoms with Gasteiger partial charge in [-0.3, -0.25) is 0 Å². The van der Waals surface area contributed by atoms with Crippen LogP contribution in [0.2, 0.25) is 0 Å². The third-order valence-electron chi connectivity index (χ3n) is 3.66. The maximum absolute atomic E-state index is 5.45. The van der Waals surface area contributed by atoms with E-state index in [1.54, 1.807) is 7.11 Å². The molecule has 1 saturated heterocycles. The average Bonchev–Trinajstić information content (AvgIpc) is 2.29. The van der Waals surface area contributed by atoms with E-state index in [0.717, 1.165) is 19.0 Å². The first kappa shape index (κ1) is 13.9. The molecular formula is C13H28N2O. The molecule has 0 unspecified atom stereocenters. The molecule has 0 radical (unpaired) electrons. The van der Waals surface area contributed by atoms with Gasteiger partial charge in [-0.2, -0.15) is 0 Å². The Morgan fingerprint density at radius 3 is 2.44 bits per heavy atom. The molecule has 0 amide bonds. The lowest BCUT2D eigenvalue weighted by Crippen LogP contribution is -2.43. The maximum atomic E-state index is 5.45. The molecule has 0 aromatic rings. The summed E-state index contributed by atoms with van der Waals surface area (Å²) < 4.78 is 5.45. The van der Waals surface area contributed by atoms with E-state index in [0.29, 0.717) is 0 Å². The van der Waals surface area contributed by atoms with Crippen LogP contribution in [0.15, 0.2) is 0 Å². The van der Waals surface area contributed by atoms with Gasteiger partial charge in [-0.1, -0.05) is 6.92 Å². The number of likely N-dealkylation sites (tertiary alicyclic amines) is 1. The molecule has 0 saturated carbocycles. The molecule has 3 heteroatoms. The van der Waals surface area contributed by atoms with Crippen molar-refractivity contribution in [3.8, 4) is 0 Å². The molecule has 16 heavy (non-hydrogen) atoms. The lowest BCUT2D eigenvalue weighted by Gasteiger charge is -2.34. The van der Waals surface area contributed by atoms with Gasteiger partial charge in [-0.25, -0.2) is 0 Å². The highest BCUT2D eigenvalue weighted by atomic mass is 16.5. The van der Waals surface area contributed by atoms with Gasteiger partial charge in [0, 0.05) is 19.7 Å². The van der Waals surface area contributed by atoms with E-state index in [9.17, 15) is 0 Å². The summed E-state index contributed by atoms with van der Waals surface area (Å²) in [5.74, 6) is 0. The zero-order chi connectivity index (χ0) is 12.0. The number of rotatable bonds is 6. The predicted molar refractivity (Wildman–Crippen MR) is 68.8 cm³/mol. The number of nitrogens with one attached hydrogen (secondary N) is 1. The summed E-state index contributed by atoms with van der Waals surface area (Å²) in [6, 6.07) is 0.747. The van der Waals surface area contributed by atoms with Crippen molar-refractivity contribution < 1.29 is 4.74 Å². The van der Waals surface area contributed by atoms with Gasteiger partial charge in [-0.05, 0) is 52.7 Å². The lowest BCUT2D eigenvalue weighted by molar-refractivity contribution is 0.00549. The second-order valence-corrected chi connectivity index (χ2v) is 5.39. The Morgan fingerprint density at radius 1 is 1.31 bits per heavy atom. The van der Waals surface area contributed by atoms with Crippen LogP contribution < -0.4 is 5.32 Å². The van der Waals surface area contributed by atoms with Crippen LogP contribution in [-0.2, 0) is 4.74 Å². The van der Waals surface area contributed by atoms with E-state index < -0.39 is 0 Å². The minimum Gasteiger partial charge on any atom is -0.379 e. The van der Waals surface area contributed by atoms with Crippen LogP contribution >= 0.6 is 0 Å². The summed E-state index contributed by atoms with van der Waals surface area (Å²) in [5, 5.41) is 3.54. The summed E-state index contributed by atoms with van der Waals surface area (Å²) in [6.45, 7) is 11.3. The number of methoxy groups -OCH3 is 1. The van der Waals surface area contributed by atoms with Gasteiger partial charge < -0.3 is 15.0 Å². The third-order valence-corrected chi connectivity index (χ3v) is 3.66. The van der Waals surface area contributed by atoms with Gasteiger partial charge in [0.1, 0.15) is 0 Å². The van der Waals surface area contributed by atoms with E-state index >= 15 is 0 Å². The molecule has 0 aliphatic carbocycles. The Hall–Kier alpha value is -0.120. The molecule has 0 atom stereocenters. The van der Waals surface area contributed by atoms with Crippen LogP contribution in [0.5, 0.6) is 0 Å². The molecule has 0 spiro atoms. The van der Waals surface area contributed by atoms with Gasteiger partial charge in [0.2, 0.25) is 0 Å². The molecule has 1 heterocycles. The molecule has 3 nitrogen and oxygen atoms in total. The molecule has 1 rings (SSSR count). The largest absolute Gasteiger partial charge is 0.379 e. The van der Waals surface area contributed by atoms with E-state index in [1.807, 2.05) is 0 Å². The Morgan fingerprint density at radius 2 is 1.94 bits per heavy atom. The molecule has 0 bridgehead atoms. The smallest absolute Gasteiger partial charge is 0.0634 e. The summed E-state index contributed by atoms with van der Waals surface area (Å²) >= 11 is 0. The number of ether oxygens (including phenoxy) is 1. The Labute approximate surface area is 101 Å². The van der Waals surface area contributed by atoms with Gasteiger partial charge in [0.25, 0.3) is 0 Å². The SMILES string of the molecule is CCNC1CCN(CCC(C)(C)OC)CC1. The van der Waals surface area contributed by atoms with Gasteiger partial charge >= 0.3 is 0 Å². The zero-order valence-electron chi connectivity index (χ0n) is 11.4. The minimum atomic E-state index is 0.0263. The third kappa shape index (κ3) is 4.81. The highest BCUT2D eigenvalue weighted by Crippen LogP contribution is 2.16. The fourth-order valence-corrected chi connectivity index (χ4v) is 2.18. The van der Waals surface area contributed by atoms with Crippen molar-refractivity contribution in [3.05, 3.63) is 0 Å². The van der Waals surface area contributed by atoms with Crippen molar-refractivity contribution in [1.29, 1.82) is 0 Å². The Bertz CT molecular complexity index is 186. The first-order valence-corrected chi connectivity index (χ1v) is 6.58. The predicted octanol–water partition coefficient (Wildman–Crippen LogP) is 1.88. The van der Waals surface area contributed by atoms with Crippen LogP contribution in [0, 0.1) is 0 Å². The van der Waals surface area contributed by atoms with Gasteiger partial charge in [-0.15, -0.1) is 0 Å². The average molecular weight is 228 g/mol. The second kappa shape index (κ2) is 6.58. The molecule has 0 aromatic heterocycles. The molecule has 1 aliphatic heterocycles. The summed E-state index contributed by atoms with van der Waals surface area (Å²) in [4.78, 5) is 2.56. The highest BCUT2D eigenvalue weighted by Gasteiger charge is 2.21. The molecule has 1 fully saturated rings. The van der Waals surface area contributed by atoms with Gasteiger partial charge in [0.15, 0.2) is 0 Å². The van der Waals surface area contributed by atoms with E-state index in [2.05, 4.69) is 31.0 Å². The number of piperidine rings is 1. The number of nitrogens with zero attached hydrogens (tertiary/aromatic N) is 1. The quantitative estimate of drug-likeness (QED) is 0.751. The van der Waals surface area contributed by atoms with Crippen molar-refractivity contribution in [2.75, 3.05) is 33.3 Å². The Balaban J connectivity index is 2.17. The zero-order valence-corrected chi connectivity index (χ0v) is 11.4. The van der Waals surface area contributed by atoms with E-state index in [-0.39, 0.29) is 5.60 Å². The minimum absolute atomic E-state index is 0.0263. The van der Waals surface area contributed by atoms with Crippen LogP contribution in [0.4, 0.5) is 0 Å². The van der Waals surface area contributed by atoms with Crippen LogP contribution in [0.25, 0.3) is 0 Å². The van der Waals surface area contributed by atoms with Crippen LogP contribution in [0.3, 0.4) is 0 Å². The van der Waals surface area contributed by atoms with Crippen molar-refractivity contribution in [3.63, 3.8) is 0 Å². The molecule has 96 valence electrons. The summed E-state index contributed by atoms with van der Waals surface area (Å²) in [7, 11) is 1.80. The van der Waals surface area contributed by atoms with Crippen LogP contribution in [0.1, 0.15) is 40.0 Å². The van der Waals surface area contributed by atoms with Crippen LogP contribution in [-0.4, -0.2) is 49.8 Å². The lowest BCUT2D eigenvalue weighted by atomic mass is 10.0. The number of hydrogen-bond acceptors (Lipinski definition) is 3. The second-order valence-electron chi connectivity index (χ2n) is 5.39. The first-order chi connectivity index (χ1) is 7.57. The summed E-state index contributed by atoms with van der Waals surface area (Å²) in [6.07, 6.45) is 3.71. The van der Waals surface area contributed by atoms with Crippen molar-refractivity contribution in [2.24, 2.45) is 0 Å². The van der Waals surface area contributed by atoms with Crippen molar-refractivity contribution in [1.82, 2.24) is 10.2 Å². The fraction of sp³-hybridized carbons (Fsp3) is 1.00. The topological polar surface area (TPSA) is 24.5 Å². The Kier molecular flexibility index (Phi) is 5.73. The number of hydrogen-bond donors (Lipinski definition) is 1. The van der Waals surface area contributed by atoms with Crippen molar-refractivity contribution in [2.45, 2.75) is 51.7 Å². The van der Waals surface area contributed by atoms with E-state index in [1.165, 1.54) is 32.5 Å². The van der Waals surface area contributed by atoms with Crippen molar-refractivity contribution >= 4 is 0 Å². The maximum Gasteiger partial charge on any atom is 0.0634 e. The molecule has 1 N–H and O–H groups in total. The normalized spacial score (nSPS) is 20.2. The first-order valence-electron chi connectivity index (χ1n) is 6.58. The fourth-order valence-electron chi connectivity index (χ4n) is 2.18. The van der Waals surface area contributed by atoms with E-state index in [4.69, 9.17) is 4.74 Å². The monoisotopic (exact) mass is 228 g/mol. The molecule has 0 aromatic carbocycles. The van der Waals surface area contributed by atoms with Gasteiger partial charge in [0.05, 0.1) is 5.60 Å².